The molecule has 0 aromatic heterocycles. The van der Waals surface area contributed by atoms with Gasteiger partial charge in [0.1, 0.15) is 0 Å². The Morgan fingerprint density at radius 1 is 1.22 bits per heavy atom. The zero-order valence-electron chi connectivity index (χ0n) is 13.5. The van der Waals surface area contributed by atoms with Crippen molar-refractivity contribution >= 4 is 17.3 Å². The van der Waals surface area contributed by atoms with Crippen molar-refractivity contribution in [1.82, 2.24) is 0 Å². The van der Waals surface area contributed by atoms with Crippen molar-refractivity contribution in [3.8, 4) is 0 Å². The van der Waals surface area contributed by atoms with Crippen LogP contribution in [0.2, 0.25) is 0 Å². The third kappa shape index (κ3) is 3.22. The van der Waals surface area contributed by atoms with E-state index in [0.717, 1.165) is 28.9 Å². The molecule has 120 valence electrons. The first-order chi connectivity index (χ1) is 11.1. The van der Waals surface area contributed by atoms with Gasteiger partial charge in [-0.3, -0.25) is 4.79 Å². The Labute approximate surface area is 136 Å². The smallest absolute Gasteiger partial charge is 0.227 e. The lowest BCUT2D eigenvalue weighted by Gasteiger charge is -2.26. The molecule has 0 radical (unpaired) electrons. The Kier molecular flexibility index (Phi) is 4.35. The number of benzene rings is 2. The van der Waals surface area contributed by atoms with E-state index in [1.807, 2.05) is 37.4 Å². The number of fused-ring (bicyclic) bond motifs is 1. The molecule has 0 fully saturated rings. The first-order valence-corrected chi connectivity index (χ1v) is 7.94. The van der Waals surface area contributed by atoms with Gasteiger partial charge in [-0.1, -0.05) is 24.3 Å². The van der Waals surface area contributed by atoms with Crippen molar-refractivity contribution in [3.63, 3.8) is 0 Å². The highest BCUT2D eigenvalue weighted by Crippen LogP contribution is 2.30. The van der Waals surface area contributed by atoms with Gasteiger partial charge in [0.15, 0.2) is 0 Å². The number of hydrogen-bond acceptors (Lipinski definition) is 3. The number of aliphatic hydroxyl groups excluding tert-OH is 1. The predicted molar refractivity (Wildman–Crippen MR) is 92.6 cm³/mol. The zero-order valence-corrected chi connectivity index (χ0v) is 13.5. The molecule has 0 saturated carbocycles. The van der Waals surface area contributed by atoms with Gasteiger partial charge in [-0.2, -0.15) is 0 Å². The molecule has 0 spiro atoms. The van der Waals surface area contributed by atoms with Crippen molar-refractivity contribution in [1.29, 1.82) is 0 Å². The van der Waals surface area contributed by atoms with Crippen molar-refractivity contribution in [2.45, 2.75) is 32.4 Å². The maximum atomic E-state index is 11.8. The Hall–Kier alpha value is -2.33. The number of nitrogens with one attached hydrogen (secondary N) is 1. The van der Waals surface area contributed by atoms with E-state index in [9.17, 15) is 9.90 Å². The zero-order chi connectivity index (χ0) is 16.4. The van der Waals surface area contributed by atoms with Gasteiger partial charge in [-0.15, -0.1) is 0 Å². The number of amides is 1. The second-order valence-corrected chi connectivity index (χ2v) is 6.07. The fourth-order valence-corrected chi connectivity index (χ4v) is 3.04. The fraction of sp³-hybridized carbons (Fsp3) is 0.316. The number of carbonyl (C=O) groups excluding carboxylic acids is 1. The van der Waals surface area contributed by atoms with E-state index < -0.39 is 0 Å². The maximum absolute atomic E-state index is 11.8. The number of anilines is 2. The van der Waals surface area contributed by atoms with E-state index in [-0.39, 0.29) is 18.6 Å². The lowest BCUT2D eigenvalue weighted by molar-refractivity contribution is -0.118. The second-order valence-electron chi connectivity index (χ2n) is 6.07. The normalized spacial score (nSPS) is 15.3. The summed E-state index contributed by atoms with van der Waals surface area (Å²) in [5.41, 5.74) is 5.31. The second kappa shape index (κ2) is 6.42. The maximum Gasteiger partial charge on any atom is 0.227 e. The minimum Gasteiger partial charge on any atom is -0.392 e. The Balaban J connectivity index is 1.79. The van der Waals surface area contributed by atoms with Crippen molar-refractivity contribution < 1.29 is 9.90 Å². The predicted octanol–water partition coefficient (Wildman–Crippen LogP) is 3.26. The van der Waals surface area contributed by atoms with Crippen molar-refractivity contribution in [2.24, 2.45) is 0 Å². The summed E-state index contributed by atoms with van der Waals surface area (Å²) in [7, 11) is 1.83. The van der Waals surface area contributed by atoms with Crippen molar-refractivity contribution in [2.75, 3.05) is 17.3 Å². The SMILES string of the molecule is CC(Nc1ccc2c(c1)CCC(=O)N2C)c1cccc(CO)c1. The van der Waals surface area contributed by atoms with Gasteiger partial charge < -0.3 is 15.3 Å². The molecule has 3 rings (SSSR count). The van der Waals surface area contributed by atoms with E-state index in [0.29, 0.717) is 6.42 Å². The van der Waals surface area contributed by atoms with Gasteiger partial charge >= 0.3 is 0 Å². The van der Waals surface area contributed by atoms with Crippen LogP contribution in [-0.2, 0) is 17.8 Å². The Morgan fingerprint density at radius 3 is 2.83 bits per heavy atom. The molecule has 0 aliphatic carbocycles. The molecule has 1 amide bonds. The monoisotopic (exact) mass is 310 g/mol. The first-order valence-electron chi connectivity index (χ1n) is 7.94. The van der Waals surface area contributed by atoms with Crippen LogP contribution in [0.4, 0.5) is 11.4 Å². The number of aliphatic hydroxyl groups is 1. The summed E-state index contributed by atoms with van der Waals surface area (Å²) < 4.78 is 0. The van der Waals surface area contributed by atoms with Gasteiger partial charge in [0.2, 0.25) is 5.91 Å². The highest BCUT2D eigenvalue weighted by atomic mass is 16.3. The highest BCUT2D eigenvalue weighted by molar-refractivity contribution is 5.96. The number of nitrogens with zero attached hydrogens (tertiary/aromatic N) is 1. The van der Waals surface area contributed by atoms with Crippen LogP contribution >= 0.6 is 0 Å². The third-order valence-corrected chi connectivity index (χ3v) is 4.44. The Morgan fingerprint density at radius 2 is 2.04 bits per heavy atom. The number of hydrogen-bond donors (Lipinski definition) is 2. The summed E-state index contributed by atoms with van der Waals surface area (Å²) in [6.45, 7) is 2.16. The number of aryl methyl sites for hydroxylation is 1. The molecule has 2 aromatic carbocycles. The molecule has 0 bridgehead atoms. The largest absolute Gasteiger partial charge is 0.392 e. The average Bonchev–Trinajstić information content (AvgIpc) is 2.58. The molecule has 0 saturated heterocycles. The van der Waals surface area contributed by atoms with E-state index in [1.165, 1.54) is 5.56 Å². The van der Waals surface area contributed by atoms with E-state index in [4.69, 9.17) is 0 Å². The van der Waals surface area contributed by atoms with Gasteiger partial charge in [0.05, 0.1) is 6.61 Å². The van der Waals surface area contributed by atoms with Gasteiger partial charge in [-0.25, -0.2) is 0 Å². The highest BCUT2D eigenvalue weighted by Gasteiger charge is 2.21. The minimum absolute atomic E-state index is 0.0553. The summed E-state index contributed by atoms with van der Waals surface area (Å²) >= 11 is 0. The van der Waals surface area contributed by atoms with E-state index in [1.54, 1.807) is 4.90 Å². The molecule has 1 unspecified atom stereocenters. The van der Waals surface area contributed by atoms with Crippen LogP contribution in [0.5, 0.6) is 0 Å². The lowest BCUT2D eigenvalue weighted by Crippen LogP contribution is -2.31. The van der Waals surface area contributed by atoms with Crippen LogP contribution in [-0.4, -0.2) is 18.1 Å². The van der Waals surface area contributed by atoms with Crippen LogP contribution in [0, 0.1) is 0 Å². The Bertz CT molecular complexity index is 727. The molecule has 23 heavy (non-hydrogen) atoms. The van der Waals surface area contributed by atoms with Crippen LogP contribution in [0.1, 0.15) is 36.1 Å². The molecular formula is C19H22N2O2. The molecule has 4 heteroatoms. The molecule has 1 atom stereocenters. The lowest BCUT2D eigenvalue weighted by atomic mass is 10.00. The standard InChI is InChI=1S/C19H22N2O2/c1-13(15-5-3-4-14(10-15)12-22)20-17-7-8-18-16(11-17)6-9-19(23)21(18)2/h3-5,7-8,10-11,13,20,22H,6,9,12H2,1-2H3. The van der Waals surface area contributed by atoms with Gasteiger partial charge in [0.25, 0.3) is 0 Å². The average molecular weight is 310 g/mol. The first kappa shape index (κ1) is 15.6. The number of carbonyl (C=O) groups is 1. The van der Waals surface area contributed by atoms with Crippen LogP contribution < -0.4 is 10.2 Å². The van der Waals surface area contributed by atoms with Gasteiger partial charge in [0, 0.05) is 30.9 Å². The van der Waals surface area contributed by atoms with E-state index in [2.05, 4.69) is 24.4 Å². The minimum atomic E-state index is 0.0553. The van der Waals surface area contributed by atoms with Crippen LogP contribution in [0.3, 0.4) is 0 Å². The summed E-state index contributed by atoms with van der Waals surface area (Å²) in [5, 5.41) is 12.8. The molecule has 1 aliphatic heterocycles. The van der Waals surface area contributed by atoms with Crippen LogP contribution in [0.25, 0.3) is 0 Å². The summed E-state index contributed by atoms with van der Waals surface area (Å²) in [4.78, 5) is 13.5. The fourth-order valence-electron chi connectivity index (χ4n) is 3.04. The summed E-state index contributed by atoms with van der Waals surface area (Å²) in [5.74, 6) is 0.174. The quantitative estimate of drug-likeness (QED) is 0.911. The van der Waals surface area contributed by atoms with Crippen molar-refractivity contribution in [3.05, 3.63) is 59.2 Å². The molecule has 1 aliphatic rings. The molecule has 1 heterocycles. The molecule has 2 aromatic rings. The third-order valence-electron chi connectivity index (χ3n) is 4.44. The number of rotatable bonds is 4. The summed E-state index contributed by atoms with van der Waals surface area (Å²) in [6.07, 6.45) is 1.36. The molecule has 2 N–H and O–H groups in total. The topological polar surface area (TPSA) is 52.6 Å². The summed E-state index contributed by atoms with van der Waals surface area (Å²) in [6, 6.07) is 14.2. The van der Waals surface area contributed by atoms with E-state index >= 15 is 0 Å². The molecule has 4 nitrogen and oxygen atoms in total. The molecular weight excluding hydrogens is 288 g/mol. The van der Waals surface area contributed by atoms with Crippen LogP contribution in [0.15, 0.2) is 42.5 Å². The van der Waals surface area contributed by atoms with Gasteiger partial charge in [-0.05, 0) is 48.2 Å².